The minimum atomic E-state index is -1.02. The first kappa shape index (κ1) is 15.1. The van der Waals surface area contributed by atoms with Crippen LogP contribution in [0.3, 0.4) is 0 Å². The lowest BCUT2D eigenvalue weighted by Crippen LogP contribution is -2.40. The van der Waals surface area contributed by atoms with Crippen molar-refractivity contribution < 1.29 is 14.7 Å². The fraction of sp³-hybridized carbons (Fsp3) is 0.462. The number of aromatic nitrogens is 1. The molecule has 0 unspecified atom stereocenters. The number of hydrogen-bond acceptors (Lipinski definition) is 4. The Balaban J connectivity index is 2.72. The summed E-state index contributed by atoms with van der Waals surface area (Å²) in [7, 11) is 0. The Labute approximate surface area is 112 Å². The first-order valence-electron chi connectivity index (χ1n) is 6.27. The van der Waals surface area contributed by atoms with Crippen LogP contribution in [0.15, 0.2) is 18.3 Å². The van der Waals surface area contributed by atoms with Gasteiger partial charge in [-0.3, -0.25) is 9.78 Å². The Morgan fingerprint density at radius 2 is 2.26 bits per heavy atom. The number of carboxylic acid groups (broad SMARTS) is 1. The van der Waals surface area contributed by atoms with E-state index in [-0.39, 0.29) is 6.54 Å². The van der Waals surface area contributed by atoms with Crippen molar-refractivity contribution in [1.29, 1.82) is 0 Å². The van der Waals surface area contributed by atoms with Gasteiger partial charge in [0.15, 0.2) is 0 Å². The van der Waals surface area contributed by atoms with Gasteiger partial charge in [0, 0.05) is 18.3 Å². The summed E-state index contributed by atoms with van der Waals surface area (Å²) in [4.78, 5) is 27.0. The van der Waals surface area contributed by atoms with Gasteiger partial charge in [-0.15, -0.1) is 0 Å². The molecule has 0 radical (unpaired) electrons. The van der Waals surface area contributed by atoms with E-state index in [0.29, 0.717) is 17.7 Å². The van der Waals surface area contributed by atoms with Gasteiger partial charge in [-0.05, 0) is 18.6 Å². The second-order valence-corrected chi connectivity index (χ2v) is 4.25. The average Bonchev–Trinajstić information content (AvgIpc) is 2.42. The van der Waals surface area contributed by atoms with Crippen LogP contribution in [-0.4, -0.2) is 28.0 Å². The molecule has 1 aromatic heterocycles. The number of aliphatic carboxylic acids is 1. The van der Waals surface area contributed by atoms with Crippen LogP contribution >= 0.6 is 0 Å². The maximum absolute atomic E-state index is 11.9. The summed E-state index contributed by atoms with van der Waals surface area (Å²) in [5.41, 5.74) is 6.41. The average molecular weight is 265 g/mol. The zero-order valence-corrected chi connectivity index (χ0v) is 10.9. The molecule has 4 N–H and O–H groups in total. The largest absolute Gasteiger partial charge is 0.480 e. The number of nitrogens with one attached hydrogen (secondary N) is 1. The molecule has 6 nitrogen and oxygen atoms in total. The third-order valence-corrected chi connectivity index (χ3v) is 2.74. The van der Waals surface area contributed by atoms with Crippen molar-refractivity contribution in [3.8, 4) is 0 Å². The van der Waals surface area contributed by atoms with Crippen LogP contribution in [0.5, 0.6) is 0 Å². The van der Waals surface area contributed by atoms with Crippen molar-refractivity contribution >= 4 is 11.9 Å². The first-order chi connectivity index (χ1) is 9.08. The summed E-state index contributed by atoms with van der Waals surface area (Å²) >= 11 is 0. The fourth-order valence-electron chi connectivity index (χ4n) is 1.64. The molecule has 19 heavy (non-hydrogen) atoms. The summed E-state index contributed by atoms with van der Waals surface area (Å²) in [6, 6.07) is 2.24. The van der Waals surface area contributed by atoms with Gasteiger partial charge >= 0.3 is 5.97 Å². The summed E-state index contributed by atoms with van der Waals surface area (Å²) in [6.45, 7) is 2.20. The van der Waals surface area contributed by atoms with E-state index in [1.807, 2.05) is 6.92 Å². The van der Waals surface area contributed by atoms with Crippen molar-refractivity contribution in [2.75, 3.05) is 0 Å². The van der Waals surface area contributed by atoms with Gasteiger partial charge in [0.05, 0.1) is 5.69 Å². The molecule has 1 aromatic rings. The molecular formula is C13H19N3O3. The molecule has 0 aliphatic heterocycles. The number of nitrogens with zero attached hydrogens (tertiary/aromatic N) is 1. The van der Waals surface area contributed by atoms with Gasteiger partial charge in [0.1, 0.15) is 6.04 Å². The third kappa shape index (κ3) is 4.67. The third-order valence-electron chi connectivity index (χ3n) is 2.74. The van der Waals surface area contributed by atoms with Crippen LogP contribution in [-0.2, 0) is 11.3 Å². The van der Waals surface area contributed by atoms with Crippen LogP contribution < -0.4 is 11.1 Å². The van der Waals surface area contributed by atoms with Crippen LogP contribution in [0.2, 0.25) is 0 Å². The van der Waals surface area contributed by atoms with Crippen molar-refractivity contribution in [3.05, 3.63) is 29.6 Å². The van der Waals surface area contributed by atoms with Gasteiger partial charge in [-0.25, -0.2) is 4.79 Å². The minimum Gasteiger partial charge on any atom is -0.480 e. The van der Waals surface area contributed by atoms with Gasteiger partial charge in [0.2, 0.25) is 0 Å². The fourth-order valence-corrected chi connectivity index (χ4v) is 1.64. The zero-order valence-electron chi connectivity index (χ0n) is 10.9. The van der Waals surface area contributed by atoms with Crippen LogP contribution in [0.1, 0.15) is 42.2 Å². The maximum atomic E-state index is 11.9. The lowest BCUT2D eigenvalue weighted by molar-refractivity contribution is -0.139. The van der Waals surface area contributed by atoms with E-state index in [0.717, 1.165) is 12.8 Å². The number of rotatable bonds is 7. The van der Waals surface area contributed by atoms with Gasteiger partial charge in [0.25, 0.3) is 5.91 Å². The monoisotopic (exact) mass is 265 g/mol. The van der Waals surface area contributed by atoms with E-state index in [4.69, 9.17) is 10.8 Å². The number of hydrogen-bond donors (Lipinski definition) is 3. The molecule has 0 saturated heterocycles. The Hall–Kier alpha value is -1.95. The molecule has 0 spiro atoms. The number of carbonyl (C=O) groups is 2. The van der Waals surface area contributed by atoms with Gasteiger partial charge in [-0.1, -0.05) is 19.8 Å². The lowest BCUT2D eigenvalue weighted by Gasteiger charge is -2.14. The highest BCUT2D eigenvalue weighted by atomic mass is 16.4. The Kier molecular flexibility index (Phi) is 5.95. The molecule has 1 rings (SSSR count). The van der Waals surface area contributed by atoms with E-state index in [9.17, 15) is 9.59 Å². The smallest absolute Gasteiger partial charge is 0.326 e. The standard InChI is InChI=1S/C13H19N3O3/c1-2-3-4-11(13(18)19)16-12(17)9-5-6-15-10(7-9)8-14/h5-7,11H,2-4,8,14H2,1H3,(H,16,17)(H,18,19)/t11-/m0/s1. The first-order valence-corrected chi connectivity index (χ1v) is 6.27. The lowest BCUT2D eigenvalue weighted by atomic mass is 10.1. The van der Waals surface area contributed by atoms with E-state index >= 15 is 0 Å². The summed E-state index contributed by atoms with van der Waals surface area (Å²) in [5.74, 6) is -1.43. The van der Waals surface area contributed by atoms with E-state index in [1.54, 1.807) is 6.07 Å². The summed E-state index contributed by atoms with van der Waals surface area (Å²) in [5, 5.41) is 11.6. The van der Waals surface area contributed by atoms with Crippen molar-refractivity contribution in [1.82, 2.24) is 10.3 Å². The molecule has 1 atom stereocenters. The Morgan fingerprint density at radius 1 is 1.53 bits per heavy atom. The normalized spacial score (nSPS) is 11.9. The Bertz CT molecular complexity index is 449. The highest BCUT2D eigenvalue weighted by Gasteiger charge is 2.20. The minimum absolute atomic E-state index is 0.235. The van der Waals surface area contributed by atoms with Crippen LogP contribution in [0, 0.1) is 0 Å². The van der Waals surface area contributed by atoms with E-state index < -0.39 is 17.9 Å². The molecule has 0 aromatic carbocycles. The second-order valence-electron chi connectivity index (χ2n) is 4.25. The van der Waals surface area contributed by atoms with Gasteiger partial charge in [-0.2, -0.15) is 0 Å². The molecule has 1 heterocycles. The second kappa shape index (κ2) is 7.48. The van der Waals surface area contributed by atoms with Crippen molar-refractivity contribution in [2.24, 2.45) is 5.73 Å². The van der Waals surface area contributed by atoms with Crippen LogP contribution in [0.4, 0.5) is 0 Å². The highest BCUT2D eigenvalue weighted by molar-refractivity contribution is 5.96. The zero-order chi connectivity index (χ0) is 14.3. The summed E-state index contributed by atoms with van der Waals surface area (Å²) < 4.78 is 0. The predicted octanol–water partition coefficient (Wildman–Crippen LogP) is 0.913. The number of unbranched alkanes of at least 4 members (excludes halogenated alkanes) is 1. The Morgan fingerprint density at radius 3 is 2.84 bits per heavy atom. The number of carbonyl (C=O) groups excluding carboxylic acids is 1. The van der Waals surface area contributed by atoms with E-state index in [1.165, 1.54) is 12.3 Å². The maximum Gasteiger partial charge on any atom is 0.326 e. The highest BCUT2D eigenvalue weighted by Crippen LogP contribution is 2.05. The van der Waals surface area contributed by atoms with Crippen molar-refractivity contribution in [2.45, 2.75) is 38.8 Å². The molecule has 0 bridgehead atoms. The molecule has 0 saturated carbocycles. The molecular weight excluding hydrogens is 246 g/mol. The quantitative estimate of drug-likeness (QED) is 0.679. The van der Waals surface area contributed by atoms with Crippen molar-refractivity contribution in [3.63, 3.8) is 0 Å². The number of amides is 1. The number of carboxylic acids is 1. The number of pyridine rings is 1. The molecule has 6 heteroatoms. The van der Waals surface area contributed by atoms with Gasteiger partial charge < -0.3 is 16.2 Å². The predicted molar refractivity (Wildman–Crippen MR) is 70.5 cm³/mol. The molecule has 0 aliphatic carbocycles. The van der Waals surface area contributed by atoms with Crippen LogP contribution in [0.25, 0.3) is 0 Å². The molecule has 1 amide bonds. The topological polar surface area (TPSA) is 105 Å². The van der Waals surface area contributed by atoms with E-state index in [2.05, 4.69) is 10.3 Å². The SMILES string of the molecule is CCCC[C@H](NC(=O)c1ccnc(CN)c1)C(=O)O. The molecule has 0 fully saturated rings. The molecule has 104 valence electrons. The summed E-state index contributed by atoms with van der Waals surface area (Å²) in [6.07, 6.45) is 3.54. The molecule has 0 aliphatic rings. The number of nitrogens with two attached hydrogens (primary N) is 1.